The van der Waals surface area contributed by atoms with Crippen LogP contribution in [0.1, 0.15) is 19.3 Å². The van der Waals surface area contributed by atoms with E-state index in [0.29, 0.717) is 18.1 Å². The number of aromatic amines is 1. The maximum absolute atomic E-state index is 5.85. The van der Waals surface area contributed by atoms with Crippen molar-refractivity contribution in [3.8, 4) is 5.88 Å². The normalized spacial score (nSPS) is 16.9. The van der Waals surface area contributed by atoms with E-state index >= 15 is 0 Å². The fourth-order valence-electron chi connectivity index (χ4n) is 2.35. The summed E-state index contributed by atoms with van der Waals surface area (Å²) in [4.78, 5) is 10.6. The number of aromatic nitrogens is 4. The van der Waals surface area contributed by atoms with Gasteiger partial charge in [0, 0.05) is 6.54 Å². The first kappa shape index (κ1) is 12.6. The summed E-state index contributed by atoms with van der Waals surface area (Å²) in [6.07, 6.45) is 5.56. The van der Waals surface area contributed by atoms with Gasteiger partial charge in [-0.1, -0.05) is 6.42 Å². The van der Waals surface area contributed by atoms with E-state index < -0.39 is 0 Å². The van der Waals surface area contributed by atoms with Crippen LogP contribution >= 0.6 is 11.6 Å². The summed E-state index contributed by atoms with van der Waals surface area (Å²) >= 11 is 5.85. The van der Waals surface area contributed by atoms with Crippen molar-refractivity contribution in [3.63, 3.8) is 0 Å². The Morgan fingerprint density at radius 3 is 2.95 bits per heavy atom. The lowest BCUT2D eigenvalue weighted by Crippen LogP contribution is -2.33. The fourth-order valence-corrected chi connectivity index (χ4v) is 2.51. The molecule has 0 spiro atoms. The Bertz CT molecular complexity index is 552. The Kier molecular flexibility index (Phi) is 3.79. The van der Waals surface area contributed by atoms with E-state index in [1.807, 2.05) is 0 Å². The number of hydrogen-bond acceptors (Lipinski definition) is 5. The zero-order valence-electron chi connectivity index (χ0n) is 10.6. The second-order valence-electron chi connectivity index (χ2n) is 4.68. The SMILES string of the molecule is Clc1nc(OCCN2CCCCC2)c2cn[nH]c2n1. The van der Waals surface area contributed by atoms with Crippen LogP contribution in [-0.4, -0.2) is 51.3 Å². The lowest BCUT2D eigenvalue weighted by atomic mass is 10.1. The van der Waals surface area contributed by atoms with Gasteiger partial charge in [0.1, 0.15) is 12.0 Å². The zero-order chi connectivity index (χ0) is 13.1. The summed E-state index contributed by atoms with van der Waals surface area (Å²) in [5, 5.41) is 7.63. The minimum Gasteiger partial charge on any atom is -0.476 e. The lowest BCUT2D eigenvalue weighted by Gasteiger charge is -2.26. The molecule has 0 aliphatic carbocycles. The molecule has 0 radical (unpaired) electrons. The molecule has 1 fully saturated rings. The summed E-state index contributed by atoms with van der Waals surface area (Å²) in [6, 6.07) is 0. The summed E-state index contributed by atoms with van der Waals surface area (Å²) in [7, 11) is 0. The Balaban J connectivity index is 1.63. The monoisotopic (exact) mass is 281 g/mol. The third-order valence-electron chi connectivity index (χ3n) is 3.34. The van der Waals surface area contributed by atoms with Crippen LogP contribution < -0.4 is 4.74 Å². The van der Waals surface area contributed by atoms with Gasteiger partial charge in [0.15, 0.2) is 5.65 Å². The van der Waals surface area contributed by atoms with E-state index in [2.05, 4.69) is 25.1 Å². The Morgan fingerprint density at radius 1 is 1.26 bits per heavy atom. The molecule has 0 amide bonds. The molecule has 0 aromatic carbocycles. The maximum atomic E-state index is 5.85. The van der Waals surface area contributed by atoms with Crippen molar-refractivity contribution in [2.24, 2.45) is 0 Å². The van der Waals surface area contributed by atoms with Crippen LogP contribution in [0.15, 0.2) is 6.20 Å². The van der Waals surface area contributed by atoms with Crippen LogP contribution in [0.5, 0.6) is 5.88 Å². The van der Waals surface area contributed by atoms with E-state index in [1.165, 1.54) is 19.3 Å². The van der Waals surface area contributed by atoms with Crippen LogP contribution in [0.4, 0.5) is 0 Å². The van der Waals surface area contributed by atoms with E-state index in [9.17, 15) is 0 Å². The number of hydrogen-bond donors (Lipinski definition) is 1. The quantitative estimate of drug-likeness (QED) is 0.867. The summed E-state index contributed by atoms with van der Waals surface area (Å²) in [6.45, 7) is 3.85. The third-order valence-corrected chi connectivity index (χ3v) is 3.51. The van der Waals surface area contributed by atoms with E-state index in [1.54, 1.807) is 6.20 Å². The molecule has 0 atom stereocenters. The third kappa shape index (κ3) is 2.96. The average molecular weight is 282 g/mol. The van der Waals surface area contributed by atoms with E-state index in [4.69, 9.17) is 16.3 Å². The first-order valence-electron chi connectivity index (χ1n) is 6.55. The van der Waals surface area contributed by atoms with Crippen molar-refractivity contribution in [3.05, 3.63) is 11.5 Å². The van der Waals surface area contributed by atoms with Crippen molar-refractivity contribution < 1.29 is 4.74 Å². The van der Waals surface area contributed by atoms with Crippen LogP contribution in [0.25, 0.3) is 11.0 Å². The van der Waals surface area contributed by atoms with Gasteiger partial charge in [0.25, 0.3) is 0 Å². The molecule has 3 rings (SSSR count). The second-order valence-corrected chi connectivity index (χ2v) is 5.02. The average Bonchev–Trinajstić information content (AvgIpc) is 2.88. The molecule has 102 valence electrons. The summed E-state index contributed by atoms with van der Waals surface area (Å²) in [5.41, 5.74) is 0.605. The molecular weight excluding hydrogens is 266 g/mol. The van der Waals surface area contributed by atoms with Gasteiger partial charge in [-0.15, -0.1) is 0 Å². The number of likely N-dealkylation sites (tertiary alicyclic amines) is 1. The number of fused-ring (bicyclic) bond motifs is 1. The molecule has 6 nitrogen and oxygen atoms in total. The van der Waals surface area contributed by atoms with Gasteiger partial charge >= 0.3 is 0 Å². The zero-order valence-corrected chi connectivity index (χ0v) is 11.4. The van der Waals surface area contributed by atoms with Crippen LogP contribution in [0, 0.1) is 0 Å². The number of nitrogens with one attached hydrogen (secondary N) is 1. The predicted molar refractivity (Wildman–Crippen MR) is 72.5 cm³/mol. The lowest BCUT2D eigenvalue weighted by molar-refractivity contribution is 0.181. The Hall–Kier alpha value is -1.40. The van der Waals surface area contributed by atoms with Crippen LogP contribution in [0.2, 0.25) is 5.28 Å². The molecular formula is C12H16ClN5O. The molecule has 1 aliphatic rings. The van der Waals surface area contributed by atoms with Gasteiger partial charge in [-0.05, 0) is 37.5 Å². The largest absolute Gasteiger partial charge is 0.476 e. The number of piperidine rings is 1. The highest BCUT2D eigenvalue weighted by atomic mass is 35.5. The van der Waals surface area contributed by atoms with Gasteiger partial charge in [-0.2, -0.15) is 15.1 Å². The number of halogens is 1. The van der Waals surface area contributed by atoms with Crippen molar-refractivity contribution >= 4 is 22.6 Å². The minimum absolute atomic E-state index is 0.171. The highest BCUT2D eigenvalue weighted by molar-refractivity contribution is 6.28. The van der Waals surface area contributed by atoms with Gasteiger partial charge in [-0.3, -0.25) is 10.00 Å². The van der Waals surface area contributed by atoms with Crippen molar-refractivity contribution in [1.82, 2.24) is 25.1 Å². The van der Waals surface area contributed by atoms with Crippen molar-refractivity contribution in [2.75, 3.05) is 26.2 Å². The number of H-pyrrole nitrogens is 1. The molecule has 0 bridgehead atoms. The first-order chi connectivity index (χ1) is 9.33. The standard InChI is InChI=1S/C12H16ClN5O/c13-12-15-10-9(8-14-17-10)11(16-12)19-7-6-18-4-2-1-3-5-18/h8H,1-7H2,(H,14,15,16,17). The Morgan fingerprint density at radius 2 is 2.11 bits per heavy atom. The maximum Gasteiger partial charge on any atom is 0.229 e. The topological polar surface area (TPSA) is 66.9 Å². The highest BCUT2D eigenvalue weighted by Gasteiger charge is 2.12. The molecule has 0 saturated carbocycles. The molecule has 3 heterocycles. The number of rotatable bonds is 4. The second kappa shape index (κ2) is 5.71. The molecule has 1 N–H and O–H groups in total. The van der Waals surface area contributed by atoms with Gasteiger partial charge in [-0.25, -0.2) is 0 Å². The molecule has 19 heavy (non-hydrogen) atoms. The molecule has 2 aromatic heterocycles. The van der Waals surface area contributed by atoms with E-state index in [-0.39, 0.29) is 5.28 Å². The van der Waals surface area contributed by atoms with Crippen molar-refractivity contribution in [2.45, 2.75) is 19.3 Å². The summed E-state index contributed by atoms with van der Waals surface area (Å²) in [5.74, 6) is 0.501. The number of ether oxygens (including phenoxy) is 1. The Labute approximate surface area is 116 Å². The molecule has 1 aliphatic heterocycles. The van der Waals surface area contributed by atoms with Gasteiger partial charge < -0.3 is 4.74 Å². The van der Waals surface area contributed by atoms with E-state index in [0.717, 1.165) is 25.0 Å². The minimum atomic E-state index is 0.171. The highest BCUT2D eigenvalue weighted by Crippen LogP contribution is 2.22. The summed E-state index contributed by atoms with van der Waals surface area (Å²) < 4.78 is 5.72. The van der Waals surface area contributed by atoms with Crippen LogP contribution in [0.3, 0.4) is 0 Å². The fraction of sp³-hybridized carbons (Fsp3) is 0.583. The van der Waals surface area contributed by atoms with Crippen molar-refractivity contribution in [1.29, 1.82) is 0 Å². The molecule has 0 unspecified atom stereocenters. The van der Waals surface area contributed by atoms with Gasteiger partial charge in [0.2, 0.25) is 11.2 Å². The molecule has 1 saturated heterocycles. The smallest absolute Gasteiger partial charge is 0.229 e. The van der Waals surface area contributed by atoms with Gasteiger partial charge in [0.05, 0.1) is 6.20 Å². The predicted octanol–water partition coefficient (Wildman–Crippen LogP) is 1.87. The van der Waals surface area contributed by atoms with Crippen LogP contribution in [-0.2, 0) is 0 Å². The number of nitrogens with zero attached hydrogens (tertiary/aromatic N) is 4. The first-order valence-corrected chi connectivity index (χ1v) is 6.92. The molecule has 7 heteroatoms. The molecule has 2 aromatic rings.